The average Bonchev–Trinajstić information content (AvgIpc) is 2.80. The zero-order valence-corrected chi connectivity index (χ0v) is 8.68. The summed E-state index contributed by atoms with van der Waals surface area (Å²) in [5.74, 6) is 1.06. The second-order valence-electron chi connectivity index (χ2n) is 4.64. The predicted octanol–water partition coefficient (Wildman–Crippen LogP) is 1.52. The minimum atomic E-state index is 0.753. The maximum Gasteiger partial charge on any atom is 0.0207 e. The van der Waals surface area contributed by atoms with Gasteiger partial charge in [-0.2, -0.15) is 0 Å². The fraction of sp³-hybridized carbons (Fsp3) is 1.00. The van der Waals surface area contributed by atoms with Gasteiger partial charge in [0, 0.05) is 18.6 Å². The van der Waals surface area contributed by atoms with Gasteiger partial charge in [0.2, 0.25) is 0 Å². The second kappa shape index (κ2) is 4.43. The van der Waals surface area contributed by atoms with Crippen LogP contribution in [0.3, 0.4) is 0 Å². The van der Waals surface area contributed by atoms with Crippen molar-refractivity contribution in [1.82, 2.24) is 10.6 Å². The van der Waals surface area contributed by atoms with Crippen molar-refractivity contribution in [3.05, 3.63) is 0 Å². The quantitative estimate of drug-likeness (QED) is 0.673. The molecule has 2 unspecified atom stereocenters. The standard InChI is InChI=1S/C11H22N2/c1-2-10(7-9-3-4-9)13-11-5-6-12-8-11/h9-13H,2-8H2,1H3. The number of rotatable bonds is 5. The molecule has 2 N–H and O–H groups in total. The smallest absolute Gasteiger partial charge is 0.0207 e. The summed E-state index contributed by atoms with van der Waals surface area (Å²) in [5.41, 5.74) is 0. The Morgan fingerprint density at radius 1 is 1.38 bits per heavy atom. The minimum Gasteiger partial charge on any atom is -0.315 e. The first-order chi connectivity index (χ1) is 6.38. The lowest BCUT2D eigenvalue weighted by atomic mass is 10.1. The Balaban J connectivity index is 1.68. The van der Waals surface area contributed by atoms with Gasteiger partial charge >= 0.3 is 0 Å². The second-order valence-corrected chi connectivity index (χ2v) is 4.64. The van der Waals surface area contributed by atoms with Crippen LogP contribution in [0.2, 0.25) is 0 Å². The Kier molecular flexibility index (Phi) is 3.23. The summed E-state index contributed by atoms with van der Waals surface area (Å²) >= 11 is 0. The van der Waals surface area contributed by atoms with E-state index in [1.54, 1.807) is 0 Å². The summed E-state index contributed by atoms with van der Waals surface area (Å²) in [6, 6.07) is 1.54. The molecule has 0 aromatic rings. The van der Waals surface area contributed by atoms with Crippen LogP contribution >= 0.6 is 0 Å². The molecule has 2 nitrogen and oxygen atoms in total. The lowest BCUT2D eigenvalue weighted by Crippen LogP contribution is -2.39. The third-order valence-electron chi connectivity index (χ3n) is 3.34. The average molecular weight is 182 g/mol. The Hall–Kier alpha value is -0.0800. The van der Waals surface area contributed by atoms with Crippen LogP contribution in [0.15, 0.2) is 0 Å². The number of hydrogen-bond acceptors (Lipinski definition) is 2. The maximum absolute atomic E-state index is 3.77. The Morgan fingerprint density at radius 2 is 2.23 bits per heavy atom. The Bertz CT molecular complexity index is 148. The number of nitrogens with one attached hydrogen (secondary N) is 2. The molecule has 13 heavy (non-hydrogen) atoms. The van der Waals surface area contributed by atoms with E-state index in [9.17, 15) is 0 Å². The molecule has 1 saturated carbocycles. The SMILES string of the molecule is CCC(CC1CC1)NC1CCNC1. The van der Waals surface area contributed by atoms with E-state index < -0.39 is 0 Å². The van der Waals surface area contributed by atoms with Crippen LogP contribution in [-0.4, -0.2) is 25.2 Å². The lowest BCUT2D eigenvalue weighted by Gasteiger charge is -2.21. The largest absolute Gasteiger partial charge is 0.315 e. The van der Waals surface area contributed by atoms with Gasteiger partial charge in [-0.3, -0.25) is 0 Å². The summed E-state index contributed by atoms with van der Waals surface area (Å²) in [5, 5.41) is 7.18. The summed E-state index contributed by atoms with van der Waals surface area (Å²) in [6.07, 6.45) is 7.02. The molecular formula is C11H22N2. The Morgan fingerprint density at radius 3 is 2.77 bits per heavy atom. The molecule has 1 saturated heterocycles. The molecule has 0 aromatic heterocycles. The molecule has 2 atom stereocenters. The van der Waals surface area contributed by atoms with Crippen LogP contribution < -0.4 is 10.6 Å². The molecule has 1 aliphatic heterocycles. The lowest BCUT2D eigenvalue weighted by molar-refractivity contribution is 0.397. The molecular weight excluding hydrogens is 160 g/mol. The van der Waals surface area contributed by atoms with Gasteiger partial charge in [0.25, 0.3) is 0 Å². The van der Waals surface area contributed by atoms with Crippen molar-refractivity contribution in [2.24, 2.45) is 5.92 Å². The van der Waals surface area contributed by atoms with E-state index in [0.29, 0.717) is 0 Å². The van der Waals surface area contributed by atoms with Crippen molar-refractivity contribution in [3.8, 4) is 0 Å². The molecule has 2 aliphatic rings. The summed E-state index contributed by atoms with van der Waals surface area (Å²) in [7, 11) is 0. The molecule has 0 amide bonds. The Labute approximate surface area is 81.5 Å². The molecule has 1 heterocycles. The van der Waals surface area contributed by atoms with Crippen molar-refractivity contribution in [1.29, 1.82) is 0 Å². The van der Waals surface area contributed by atoms with Crippen LogP contribution in [0.1, 0.15) is 39.0 Å². The zero-order chi connectivity index (χ0) is 9.10. The van der Waals surface area contributed by atoms with Gasteiger partial charge < -0.3 is 10.6 Å². The van der Waals surface area contributed by atoms with Gasteiger partial charge in [-0.1, -0.05) is 19.8 Å². The normalized spacial score (nSPS) is 30.7. The molecule has 2 fully saturated rings. The molecule has 0 bridgehead atoms. The van der Waals surface area contributed by atoms with Crippen molar-refractivity contribution in [3.63, 3.8) is 0 Å². The maximum atomic E-state index is 3.77. The molecule has 0 radical (unpaired) electrons. The molecule has 0 spiro atoms. The molecule has 2 rings (SSSR count). The highest BCUT2D eigenvalue weighted by atomic mass is 15.0. The zero-order valence-electron chi connectivity index (χ0n) is 8.68. The number of hydrogen-bond donors (Lipinski definition) is 2. The highest BCUT2D eigenvalue weighted by Crippen LogP contribution is 2.34. The predicted molar refractivity (Wildman–Crippen MR) is 55.8 cm³/mol. The van der Waals surface area contributed by atoms with Gasteiger partial charge in [-0.25, -0.2) is 0 Å². The first kappa shape index (κ1) is 9.47. The van der Waals surface area contributed by atoms with Gasteiger partial charge in [0.1, 0.15) is 0 Å². The summed E-state index contributed by atoms with van der Waals surface area (Å²) < 4.78 is 0. The van der Waals surface area contributed by atoms with Crippen LogP contribution in [0.4, 0.5) is 0 Å². The van der Waals surface area contributed by atoms with Gasteiger partial charge in [-0.15, -0.1) is 0 Å². The van der Waals surface area contributed by atoms with Crippen LogP contribution in [-0.2, 0) is 0 Å². The van der Waals surface area contributed by atoms with Gasteiger partial charge in [0.15, 0.2) is 0 Å². The van der Waals surface area contributed by atoms with E-state index in [1.807, 2.05) is 0 Å². The molecule has 2 heteroatoms. The van der Waals surface area contributed by atoms with E-state index in [-0.39, 0.29) is 0 Å². The summed E-state index contributed by atoms with van der Waals surface area (Å²) in [6.45, 7) is 4.70. The fourth-order valence-corrected chi connectivity index (χ4v) is 2.24. The van der Waals surface area contributed by atoms with E-state index in [2.05, 4.69) is 17.6 Å². The van der Waals surface area contributed by atoms with Crippen LogP contribution in [0.25, 0.3) is 0 Å². The van der Waals surface area contributed by atoms with E-state index in [0.717, 1.165) is 18.0 Å². The monoisotopic (exact) mass is 182 g/mol. The van der Waals surface area contributed by atoms with E-state index in [1.165, 1.54) is 45.2 Å². The summed E-state index contributed by atoms with van der Waals surface area (Å²) in [4.78, 5) is 0. The van der Waals surface area contributed by atoms with Crippen molar-refractivity contribution in [2.75, 3.05) is 13.1 Å². The third-order valence-corrected chi connectivity index (χ3v) is 3.34. The molecule has 1 aliphatic carbocycles. The third kappa shape index (κ3) is 2.96. The van der Waals surface area contributed by atoms with Crippen molar-refractivity contribution in [2.45, 2.75) is 51.1 Å². The first-order valence-electron chi connectivity index (χ1n) is 5.85. The van der Waals surface area contributed by atoms with Crippen molar-refractivity contribution < 1.29 is 0 Å². The highest BCUT2D eigenvalue weighted by molar-refractivity contribution is 4.84. The highest BCUT2D eigenvalue weighted by Gasteiger charge is 2.26. The van der Waals surface area contributed by atoms with Gasteiger partial charge in [-0.05, 0) is 31.7 Å². The fourth-order valence-electron chi connectivity index (χ4n) is 2.24. The van der Waals surface area contributed by atoms with Crippen LogP contribution in [0, 0.1) is 5.92 Å². The molecule has 76 valence electrons. The van der Waals surface area contributed by atoms with Crippen LogP contribution in [0.5, 0.6) is 0 Å². The molecule has 0 aromatic carbocycles. The topological polar surface area (TPSA) is 24.1 Å². The van der Waals surface area contributed by atoms with Gasteiger partial charge in [0.05, 0.1) is 0 Å². The van der Waals surface area contributed by atoms with E-state index >= 15 is 0 Å². The minimum absolute atomic E-state index is 0.753. The first-order valence-corrected chi connectivity index (χ1v) is 5.85. The van der Waals surface area contributed by atoms with E-state index in [4.69, 9.17) is 0 Å². The van der Waals surface area contributed by atoms with Crippen molar-refractivity contribution >= 4 is 0 Å².